The van der Waals surface area contributed by atoms with Gasteiger partial charge in [-0.3, -0.25) is 14.3 Å². The third-order valence-corrected chi connectivity index (χ3v) is 7.05. The molecule has 1 amide bonds. The number of aliphatic carboxylic acids is 1. The molecule has 9 heteroatoms. The number of carbonyl (C=O) groups is 2. The first-order valence-electron chi connectivity index (χ1n) is 13.0. The maximum absolute atomic E-state index is 12.4. The molecule has 4 aromatic carbocycles. The molecule has 0 saturated heterocycles. The summed E-state index contributed by atoms with van der Waals surface area (Å²) in [5.74, 6) is -1.30. The second-order valence-corrected chi connectivity index (χ2v) is 10.5. The Bertz CT molecular complexity index is 1790. The SMILES string of the molecule is N#Cc1cccc(-c2ccc(-c3cc(-c4cc(Cl)cc(Cl)c4)nn3Cc3ccc(C(=O)NCCC(=O)O)cc3)cc2)c1. The van der Waals surface area contributed by atoms with Gasteiger partial charge in [0.25, 0.3) is 5.91 Å². The Morgan fingerprint density at radius 2 is 1.52 bits per heavy atom. The summed E-state index contributed by atoms with van der Waals surface area (Å²) in [5.41, 5.74) is 7.20. The lowest BCUT2D eigenvalue weighted by Gasteiger charge is -2.10. The predicted octanol–water partition coefficient (Wildman–Crippen LogP) is 7.32. The zero-order valence-electron chi connectivity index (χ0n) is 22.2. The van der Waals surface area contributed by atoms with Crippen LogP contribution in [0.3, 0.4) is 0 Å². The smallest absolute Gasteiger partial charge is 0.305 e. The normalized spacial score (nSPS) is 10.7. The highest BCUT2D eigenvalue weighted by molar-refractivity contribution is 6.35. The van der Waals surface area contributed by atoms with Crippen LogP contribution in [0.5, 0.6) is 0 Å². The summed E-state index contributed by atoms with van der Waals surface area (Å²) in [6.07, 6.45) is -0.140. The topological polar surface area (TPSA) is 108 Å². The molecule has 0 saturated carbocycles. The van der Waals surface area contributed by atoms with Crippen LogP contribution in [0.2, 0.25) is 10.0 Å². The van der Waals surface area contributed by atoms with E-state index in [1.54, 1.807) is 24.3 Å². The number of aromatic nitrogens is 2. The van der Waals surface area contributed by atoms with Crippen molar-refractivity contribution in [1.29, 1.82) is 5.26 Å². The number of benzene rings is 4. The van der Waals surface area contributed by atoms with Crippen LogP contribution in [-0.4, -0.2) is 33.3 Å². The zero-order valence-corrected chi connectivity index (χ0v) is 23.7. The monoisotopic (exact) mass is 594 g/mol. The minimum absolute atomic E-state index is 0.0609. The molecule has 0 aliphatic heterocycles. The van der Waals surface area contributed by atoms with Gasteiger partial charge >= 0.3 is 5.97 Å². The highest BCUT2D eigenvalue weighted by Crippen LogP contribution is 2.32. The van der Waals surface area contributed by atoms with E-state index >= 15 is 0 Å². The molecule has 7 nitrogen and oxygen atoms in total. The van der Waals surface area contributed by atoms with Crippen LogP contribution in [0.4, 0.5) is 0 Å². The molecule has 0 aliphatic rings. The van der Waals surface area contributed by atoms with Gasteiger partial charge in [0.15, 0.2) is 0 Å². The number of nitrogens with zero attached hydrogens (tertiary/aromatic N) is 3. The molecule has 0 bridgehead atoms. The third-order valence-electron chi connectivity index (χ3n) is 6.62. The van der Waals surface area contributed by atoms with Crippen molar-refractivity contribution in [3.63, 3.8) is 0 Å². The molecule has 0 aliphatic carbocycles. The maximum Gasteiger partial charge on any atom is 0.305 e. The van der Waals surface area contributed by atoms with E-state index in [0.717, 1.165) is 33.5 Å². The van der Waals surface area contributed by atoms with Crippen molar-refractivity contribution in [1.82, 2.24) is 15.1 Å². The van der Waals surface area contributed by atoms with Gasteiger partial charge in [0.1, 0.15) is 0 Å². The van der Waals surface area contributed by atoms with Gasteiger partial charge in [0.2, 0.25) is 0 Å². The largest absolute Gasteiger partial charge is 0.481 e. The fourth-order valence-electron chi connectivity index (χ4n) is 4.53. The van der Waals surface area contributed by atoms with Gasteiger partial charge in [-0.25, -0.2) is 0 Å². The van der Waals surface area contributed by atoms with Crippen molar-refractivity contribution in [2.24, 2.45) is 0 Å². The summed E-state index contributed by atoms with van der Waals surface area (Å²) in [6, 6.07) is 32.1. The van der Waals surface area contributed by atoms with Crippen LogP contribution in [0.25, 0.3) is 33.6 Å². The molecule has 2 N–H and O–H groups in total. The lowest BCUT2D eigenvalue weighted by molar-refractivity contribution is -0.136. The van der Waals surface area contributed by atoms with E-state index in [9.17, 15) is 14.9 Å². The first-order chi connectivity index (χ1) is 20.3. The number of carbonyl (C=O) groups excluding carboxylic acids is 1. The molecular weight excluding hydrogens is 571 g/mol. The van der Waals surface area contributed by atoms with Crippen molar-refractivity contribution in [2.75, 3.05) is 6.54 Å². The molecule has 208 valence electrons. The number of amides is 1. The van der Waals surface area contributed by atoms with Crippen molar-refractivity contribution < 1.29 is 14.7 Å². The highest BCUT2D eigenvalue weighted by atomic mass is 35.5. The summed E-state index contributed by atoms with van der Waals surface area (Å²) in [4.78, 5) is 23.1. The molecule has 0 unspecified atom stereocenters. The fourth-order valence-corrected chi connectivity index (χ4v) is 5.06. The second kappa shape index (κ2) is 12.7. The summed E-state index contributed by atoms with van der Waals surface area (Å²) in [7, 11) is 0. The van der Waals surface area contributed by atoms with Gasteiger partial charge in [0, 0.05) is 27.7 Å². The number of halogens is 2. The number of nitriles is 1. The van der Waals surface area contributed by atoms with Crippen molar-refractivity contribution >= 4 is 35.1 Å². The van der Waals surface area contributed by atoms with E-state index in [-0.39, 0.29) is 18.9 Å². The van der Waals surface area contributed by atoms with E-state index in [4.69, 9.17) is 33.4 Å². The molecule has 5 aromatic rings. The number of carboxylic acid groups (broad SMARTS) is 1. The van der Waals surface area contributed by atoms with Crippen LogP contribution in [0, 0.1) is 11.3 Å². The molecule has 0 spiro atoms. The van der Waals surface area contributed by atoms with Gasteiger partial charge in [-0.15, -0.1) is 0 Å². The van der Waals surface area contributed by atoms with Crippen molar-refractivity contribution in [3.8, 4) is 39.7 Å². The van der Waals surface area contributed by atoms with Crippen LogP contribution < -0.4 is 5.32 Å². The Labute approximate surface area is 252 Å². The van der Waals surface area contributed by atoms with Crippen LogP contribution in [0.1, 0.15) is 27.9 Å². The maximum atomic E-state index is 12.4. The van der Waals surface area contributed by atoms with Crippen molar-refractivity contribution in [2.45, 2.75) is 13.0 Å². The van der Waals surface area contributed by atoms with Crippen LogP contribution >= 0.6 is 23.2 Å². The second-order valence-electron chi connectivity index (χ2n) is 9.60. The summed E-state index contributed by atoms with van der Waals surface area (Å²) in [5, 5.41) is 26.6. The first-order valence-corrected chi connectivity index (χ1v) is 13.8. The van der Waals surface area contributed by atoms with E-state index in [2.05, 4.69) is 11.4 Å². The van der Waals surface area contributed by atoms with Gasteiger partial charge in [-0.2, -0.15) is 10.4 Å². The third kappa shape index (κ3) is 6.87. The van der Waals surface area contributed by atoms with Gasteiger partial charge in [-0.05, 0) is 70.8 Å². The molecule has 0 radical (unpaired) electrons. The molecule has 1 heterocycles. The summed E-state index contributed by atoms with van der Waals surface area (Å²) in [6.45, 7) is 0.488. The first kappa shape index (κ1) is 28.6. The Morgan fingerprint density at radius 1 is 0.833 bits per heavy atom. The number of carboxylic acids is 1. The lowest BCUT2D eigenvalue weighted by Crippen LogP contribution is -2.25. The van der Waals surface area contributed by atoms with Gasteiger partial charge in [-0.1, -0.05) is 71.7 Å². The Morgan fingerprint density at radius 3 is 2.19 bits per heavy atom. The molecular formula is C33H24Cl2N4O3. The van der Waals surface area contributed by atoms with E-state index in [0.29, 0.717) is 33.4 Å². The predicted molar refractivity (Wildman–Crippen MR) is 163 cm³/mol. The summed E-state index contributed by atoms with van der Waals surface area (Å²) < 4.78 is 1.89. The lowest BCUT2D eigenvalue weighted by atomic mass is 10.0. The molecule has 0 atom stereocenters. The number of nitrogens with one attached hydrogen (secondary N) is 1. The Kier molecular flexibility index (Phi) is 8.68. The fraction of sp³-hybridized carbons (Fsp3) is 0.0909. The Balaban J connectivity index is 1.45. The van der Waals surface area contributed by atoms with E-state index in [1.165, 1.54) is 0 Å². The molecule has 5 rings (SSSR count). The quantitative estimate of drug-likeness (QED) is 0.186. The minimum Gasteiger partial charge on any atom is -0.481 e. The average molecular weight is 595 g/mol. The highest BCUT2D eigenvalue weighted by Gasteiger charge is 2.14. The van der Waals surface area contributed by atoms with Crippen LogP contribution in [-0.2, 0) is 11.3 Å². The molecule has 42 heavy (non-hydrogen) atoms. The van der Waals surface area contributed by atoms with E-state index in [1.807, 2.05) is 77.5 Å². The number of hydrogen-bond donors (Lipinski definition) is 2. The zero-order chi connectivity index (χ0) is 29.6. The van der Waals surface area contributed by atoms with E-state index < -0.39 is 5.97 Å². The summed E-state index contributed by atoms with van der Waals surface area (Å²) >= 11 is 12.6. The number of rotatable bonds is 9. The van der Waals surface area contributed by atoms with Gasteiger partial charge in [0.05, 0.1) is 36.0 Å². The van der Waals surface area contributed by atoms with Crippen LogP contribution in [0.15, 0.2) is 97.1 Å². The van der Waals surface area contributed by atoms with Gasteiger partial charge < -0.3 is 10.4 Å². The molecule has 0 fully saturated rings. The minimum atomic E-state index is -0.970. The van der Waals surface area contributed by atoms with Crippen molar-refractivity contribution in [3.05, 3.63) is 124 Å². The standard InChI is InChI=1S/C33H24Cl2N4O3/c34-28-15-27(16-29(35)17-28)30-18-31(24-10-8-23(9-11-24)26-3-1-2-22(14-26)19-36)39(38-30)20-21-4-6-25(7-5-21)33(42)37-13-12-32(40)41/h1-11,14-18H,12-13,20H2,(H,37,42)(H,40,41). The molecule has 1 aromatic heterocycles. The number of hydrogen-bond acceptors (Lipinski definition) is 4. The average Bonchev–Trinajstić information content (AvgIpc) is 3.40. The Hall–Kier alpha value is -4.90.